The van der Waals surface area contributed by atoms with Gasteiger partial charge < -0.3 is 10.6 Å². The Labute approximate surface area is 110 Å². The molecule has 0 radical (unpaired) electrons. The SMILES string of the molecule is CCCNc1cnc(C(C)C)nc1CNC1CC1. The Hall–Kier alpha value is -1.16. The van der Waals surface area contributed by atoms with Crippen LogP contribution in [0.25, 0.3) is 0 Å². The second-order valence-electron chi connectivity index (χ2n) is 5.33. The normalized spacial score (nSPS) is 15.1. The van der Waals surface area contributed by atoms with Gasteiger partial charge in [0.25, 0.3) is 0 Å². The first kappa shape index (κ1) is 13.3. The van der Waals surface area contributed by atoms with Gasteiger partial charge in [-0.3, -0.25) is 0 Å². The fourth-order valence-electron chi connectivity index (χ4n) is 1.78. The van der Waals surface area contributed by atoms with Crippen molar-refractivity contribution in [2.75, 3.05) is 11.9 Å². The van der Waals surface area contributed by atoms with E-state index in [1.165, 1.54) is 12.8 Å². The van der Waals surface area contributed by atoms with E-state index in [1.807, 2.05) is 6.20 Å². The molecule has 0 bridgehead atoms. The van der Waals surface area contributed by atoms with Gasteiger partial charge in [0.1, 0.15) is 5.82 Å². The molecule has 0 saturated heterocycles. The lowest BCUT2D eigenvalue weighted by Gasteiger charge is -2.13. The van der Waals surface area contributed by atoms with E-state index in [0.717, 1.165) is 36.7 Å². The van der Waals surface area contributed by atoms with Gasteiger partial charge in [-0.05, 0) is 19.3 Å². The van der Waals surface area contributed by atoms with E-state index in [1.54, 1.807) is 0 Å². The molecule has 0 unspecified atom stereocenters. The van der Waals surface area contributed by atoms with Gasteiger partial charge in [-0.15, -0.1) is 0 Å². The predicted molar refractivity (Wildman–Crippen MR) is 74.8 cm³/mol. The summed E-state index contributed by atoms with van der Waals surface area (Å²) in [7, 11) is 0. The van der Waals surface area contributed by atoms with Gasteiger partial charge in [0.15, 0.2) is 0 Å². The van der Waals surface area contributed by atoms with Crippen LogP contribution < -0.4 is 10.6 Å². The third kappa shape index (κ3) is 3.67. The van der Waals surface area contributed by atoms with Gasteiger partial charge in [0.2, 0.25) is 0 Å². The summed E-state index contributed by atoms with van der Waals surface area (Å²) in [6, 6.07) is 0.710. The molecule has 1 heterocycles. The highest BCUT2D eigenvalue weighted by Crippen LogP contribution is 2.21. The second-order valence-corrected chi connectivity index (χ2v) is 5.33. The van der Waals surface area contributed by atoms with Crippen LogP contribution in [0.4, 0.5) is 5.69 Å². The molecule has 1 aliphatic carbocycles. The summed E-state index contributed by atoms with van der Waals surface area (Å²) in [5, 5.41) is 6.93. The van der Waals surface area contributed by atoms with Crippen molar-refractivity contribution in [1.29, 1.82) is 0 Å². The summed E-state index contributed by atoms with van der Waals surface area (Å²) in [6.45, 7) is 8.25. The molecule has 2 rings (SSSR count). The van der Waals surface area contributed by atoms with Crippen LogP contribution >= 0.6 is 0 Å². The first-order valence-corrected chi connectivity index (χ1v) is 7.03. The van der Waals surface area contributed by atoms with E-state index in [4.69, 9.17) is 0 Å². The van der Waals surface area contributed by atoms with Crippen LogP contribution in [0.5, 0.6) is 0 Å². The van der Waals surface area contributed by atoms with E-state index in [9.17, 15) is 0 Å². The molecule has 1 aromatic heterocycles. The van der Waals surface area contributed by atoms with E-state index < -0.39 is 0 Å². The zero-order valence-corrected chi connectivity index (χ0v) is 11.7. The molecule has 18 heavy (non-hydrogen) atoms. The molecule has 1 saturated carbocycles. The lowest BCUT2D eigenvalue weighted by molar-refractivity contribution is 0.660. The Morgan fingerprint density at radius 1 is 1.39 bits per heavy atom. The smallest absolute Gasteiger partial charge is 0.131 e. The predicted octanol–water partition coefficient (Wildman–Crippen LogP) is 2.67. The Morgan fingerprint density at radius 2 is 2.17 bits per heavy atom. The van der Waals surface area contributed by atoms with Crippen LogP contribution in [0.15, 0.2) is 6.20 Å². The molecule has 0 aliphatic heterocycles. The van der Waals surface area contributed by atoms with E-state index in [0.29, 0.717) is 12.0 Å². The first-order chi connectivity index (χ1) is 8.70. The van der Waals surface area contributed by atoms with E-state index >= 15 is 0 Å². The highest BCUT2D eigenvalue weighted by Gasteiger charge is 2.21. The third-order valence-corrected chi connectivity index (χ3v) is 3.10. The van der Waals surface area contributed by atoms with Crippen LogP contribution in [-0.2, 0) is 6.54 Å². The summed E-state index contributed by atoms with van der Waals surface area (Å²) in [6.07, 6.45) is 5.66. The first-order valence-electron chi connectivity index (χ1n) is 7.03. The minimum atomic E-state index is 0.380. The fraction of sp³-hybridized carbons (Fsp3) is 0.714. The second kappa shape index (κ2) is 6.14. The molecule has 0 spiro atoms. The summed E-state index contributed by atoms with van der Waals surface area (Å²) >= 11 is 0. The topological polar surface area (TPSA) is 49.8 Å². The molecule has 1 fully saturated rings. The number of hydrogen-bond acceptors (Lipinski definition) is 4. The van der Waals surface area contributed by atoms with Crippen molar-refractivity contribution in [3.05, 3.63) is 17.7 Å². The molecule has 0 amide bonds. The van der Waals surface area contributed by atoms with Gasteiger partial charge in [0, 0.05) is 25.0 Å². The van der Waals surface area contributed by atoms with Crippen molar-refractivity contribution < 1.29 is 0 Å². The minimum Gasteiger partial charge on any atom is -0.382 e. The van der Waals surface area contributed by atoms with Crippen molar-refractivity contribution in [1.82, 2.24) is 15.3 Å². The average Bonchev–Trinajstić information content (AvgIpc) is 3.18. The van der Waals surface area contributed by atoms with Gasteiger partial charge in [-0.2, -0.15) is 0 Å². The van der Waals surface area contributed by atoms with Crippen molar-refractivity contribution >= 4 is 5.69 Å². The maximum absolute atomic E-state index is 4.69. The standard InChI is InChI=1S/C14H24N4/c1-4-7-15-12-8-17-14(10(2)3)18-13(12)9-16-11-5-6-11/h8,10-11,15-16H,4-7,9H2,1-3H3. The molecule has 100 valence electrons. The van der Waals surface area contributed by atoms with Crippen molar-refractivity contribution in [2.24, 2.45) is 0 Å². The van der Waals surface area contributed by atoms with Crippen LogP contribution in [0.2, 0.25) is 0 Å². The molecule has 2 N–H and O–H groups in total. The Bertz CT molecular complexity index is 385. The van der Waals surface area contributed by atoms with Gasteiger partial charge in [0.05, 0.1) is 17.6 Å². The Morgan fingerprint density at radius 3 is 2.78 bits per heavy atom. The number of rotatable bonds is 7. The molecule has 1 aromatic rings. The largest absolute Gasteiger partial charge is 0.382 e. The van der Waals surface area contributed by atoms with Gasteiger partial charge in [-0.1, -0.05) is 20.8 Å². The van der Waals surface area contributed by atoms with Crippen molar-refractivity contribution in [3.8, 4) is 0 Å². The van der Waals surface area contributed by atoms with Gasteiger partial charge >= 0.3 is 0 Å². The zero-order chi connectivity index (χ0) is 13.0. The molecular weight excluding hydrogens is 224 g/mol. The summed E-state index contributed by atoms with van der Waals surface area (Å²) in [5.41, 5.74) is 2.18. The summed E-state index contributed by atoms with van der Waals surface area (Å²) < 4.78 is 0. The highest BCUT2D eigenvalue weighted by molar-refractivity contribution is 5.46. The highest BCUT2D eigenvalue weighted by atomic mass is 15.0. The average molecular weight is 248 g/mol. The number of nitrogens with zero attached hydrogens (tertiary/aromatic N) is 2. The third-order valence-electron chi connectivity index (χ3n) is 3.10. The maximum Gasteiger partial charge on any atom is 0.131 e. The molecule has 4 nitrogen and oxygen atoms in total. The minimum absolute atomic E-state index is 0.380. The van der Waals surface area contributed by atoms with Crippen LogP contribution in [0, 0.1) is 0 Å². The molecule has 4 heteroatoms. The number of hydrogen-bond donors (Lipinski definition) is 2. The molecule has 0 aromatic carbocycles. The quantitative estimate of drug-likeness (QED) is 0.779. The van der Waals surface area contributed by atoms with E-state index in [2.05, 4.69) is 41.4 Å². The fourth-order valence-corrected chi connectivity index (χ4v) is 1.78. The Kier molecular flexibility index (Phi) is 4.53. The van der Waals surface area contributed by atoms with Crippen molar-refractivity contribution in [2.45, 2.75) is 58.5 Å². The number of aromatic nitrogens is 2. The zero-order valence-electron chi connectivity index (χ0n) is 11.7. The summed E-state index contributed by atoms with van der Waals surface area (Å²) in [5.74, 6) is 1.31. The lowest BCUT2D eigenvalue weighted by atomic mass is 10.2. The molecule has 1 aliphatic rings. The molecule has 0 atom stereocenters. The van der Waals surface area contributed by atoms with E-state index in [-0.39, 0.29) is 0 Å². The van der Waals surface area contributed by atoms with Crippen LogP contribution in [0.3, 0.4) is 0 Å². The Balaban J connectivity index is 2.09. The number of nitrogens with one attached hydrogen (secondary N) is 2. The van der Waals surface area contributed by atoms with Crippen LogP contribution in [0.1, 0.15) is 57.5 Å². The van der Waals surface area contributed by atoms with Crippen LogP contribution in [-0.4, -0.2) is 22.6 Å². The maximum atomic E-state index is 4.69. The van der Waals surface area contributed by atoms with Crippen molar-refractivity contribution in [3.63, 3.8) is 0 Å². The monoisotopic (exact) mass is 248 g/mol. The molecular formula is C14H24N4. The van der Waals surface area contributed by atoms with Gasteiger partial charge in [-0.25, -0.2) is 9.97 Å². The lowest BCUT2D eigenvalue weighted by Crippen LogP contribution is -2.19. The number of anilines is 1. The summed E-state index contributed by atoms with van der Waals surface area (Å²) in [4.78, 5) is 9.12.